The molecule has 0 radical (unpaired) electrons. The summed E-state index contributed by atoms with van der Waals surface area (Å²) in [6.07, 6.45) is 0. The van der Waals surface area contributed by atoms with Crippen molar-refractivity contribution < 1.29 is 28.7 Å². The molecule has 3 rings (SSSR count). The van der Waals surface area contributed by atoms with E-state index in [0.717, 1.165) is 11.8 Å². The molecule has 2 unspecified atom stereocenters. The van der Waals surface area contributed by atoms with E-state index in [0.29, 0.717) is 32.0 Å². The summed E-state index contributed by atoms with van der Waals surface area (Å²) < 4.78 is 16.5. The van der Waals surface area contributed by atoms with Crippen molar-refractivity contribution in [1.82, 2.24) is 0 Å². The molecule has 2 atom stereocenters. The number of halogens is 1. The molecule has 10 heteroatoms. The van der Waals surface area contributed by atoms with E-state index in [4.69, 9.17) is 14.2 Å². The number of benzene rings is 3. The van der Waals surface area contributed by atoms with E-state index in [1.165, 1.54) is 14.0 Å². The maximum absolute atomic E-state index is 13.8. The predicted molar refractivity (Wildman–Crippen MR) is 143 cm³/mol. The van der Waals surface area contributed by atoms with Gasteiger partial charge in [-0.1, -0.05) is 58.0 Å². The van der Waals surface area contributed by atoms with Gasteiger partial charge in [0.1, 0.15) is 23.5 Å². The van der Waals surface area contributed by atoms with Gasteiger partial charge in [0.2, 0.25) is 11.7 Å². The molecule has 0 aromatic heterocycles. The van der Waals surface area contributed by atoms with E-state index in [1.807, 2.05) is 0 Å². The third kappa shape index (κ3) is 6.90. The molecule has 194 valence electrons. The summed E-state index contributed by atoms with van der Waals surface area (Å²) in [5.41, 5.74) is -0.737. The Labute approximate surface area is 227 Å². The van der Waals surface area contributed by atoms with E-state index >= 15 is 0 Å². The molecule has 0 N–H and O–H groups in total. The number of nitro groups is 1. The fraction of sp³-hybridized carbons (Fsp3) is 0.259. The summed E-state index contributed by atoms with van der Waals surface area (Å²) in [5.74, 6) is -0.694. The summed E-state index contributed by atoms with van der Waals surface area (Å²) in [7, 11) is 3.08. The SMILES string of the molecule is COc1ccc(COC(=O)C(C)(C(=O)Sc2ccc(OC)cc2)C(C[N+](=O)[O-])c2ccccc2Br)cc1. The number of ether oxygens (including phenoxy) is 3. The van der Waals surface area contributed by atoms with Gasteiger partial charge in [0.15, 0.2) is 0 Å². The Hall–Kier alpha value is -3.37. The Morgan fingerprint density at radius 3 is 2.08 bits per heavy atom. The van der Waals surface area contributed by atoms with Crippen LogP contribution in [0.4, 0.5) is 0 Å². The highest BCUT2D eigenvalue weighted by atomic mass is 79.9. The normalized spacial score (nSPS) is 13.2. The quantitative estimate of drug-likeness (QED) is 0.0898. The third-order valence-corrected chi connectivity index (χ3v) is 7.80. The van der Waals surface area contributed by atoms with Crippen molar-refractivity contribution in [3.05, 3.63) is 98.5 Å². The maximum atomic E-state index is 13.8. The highest BCUT2D eigenvalue weighted by Crippen LogP contribution is 2.45. The second-order valence-electron chi connectivity index (χ2n) is 8.28. The van der Waals surface area contributed by atoms with Gasteiger partial charge in [0.25, 0.3) is 0 Å². The van der Waals surface area contributed by atoms with E-state index in [-0.39, 0.29) is 6.61 Å². The number of methoxy groups -OCH3 is 2. The molecule has 0 heterocycles. The third-order valence-electron chi connectivity index (χ3n) is 5.96. The first-order valence-electron chi connectivity index (χ1n) is 11.2. The van der Waals surface area contributed by atoms with Crippen molar-refractivity contribution in [3.8, 4) is 11.5 Å². The molecule has 8 nitrogen and oxygen atoms in total. The standard InChI is InChI=1S/C27H26BrNO7S/c1-27(26(31)37-21-14-12-20(35-3)13-15-21,23(16-29(32)33)22-6-4-5-7-24(22)28)25(30)36-17-18-8-10-19(34-2)11-9-18/h4-15,23H,16-17H2,1-3H3. The molecule has 37 heavy (non-hydrogen) atoms. The van der Waals surface area contributed by atoms with Gasteiger partial charge in [-0.15, -0.1) is 0 Å². The highest BCUT2D eigenvalue weighted by Gasteiger charge is 2.53. The lowest BCUT2D eigenvalue weighted by Gasteiger charge is -2.32. The summed E-state index contributed by atoms with van der Waals surface area (Å²) in [4.78, 5) is 39.3. The van der Waals surface area contributed by atoms with Crippen LogP contribution in [0.3, 0.4) is 0 Å². The molecule has 0 saturated heterocycles. The largest absolute Gasteiger partial charge is 0.497 e. The number of carbonyl (C=O) groups is 2. The van der Waals surface area contributed by atoms with Gasteiger partial charge < -0.3 is 14.2 Å². The molecule has 0 bridgehead atoms. The Kier molecular flexibility index (Phi) is 9.71. The van der Waals surface area contributed by atoms with Gasteiger partial charge in [0.05, 0.1) is 20.1 Å². The second kappa shape index (κ2) is 12.7. The zero-order chi connectivity index (χ0) is 27.0. The van der Waals surface area contributed by atoms with Crippen LogP contribution >= 0.6 is 27.7 Å². The Bertz CT molecular complexity index is 1250. The first-order chi connectivity index (χ1) is 17.7. The molecule has 0 aliphatic rings. The zero-order valence-electron chi connectivity index (χ0n) is 20.5. The van der Waals surface area contributed by atoms with Crippen molar-refractivity contribution in [2.75, 3.05) is 20.8 Å². The minimum atomic E-state index is -1.88. The zero-order valence-corrected chi connectivity index (χ0v) is 22.9. The number of nitrogens with zero attached hydrogens (tertiary/aromatic N) is 1. The van der Waals surface area contributed by atoms with Gasteiger partial charge in [-0.05, 0) is 60.5 Å². The van der Waals surface area contributed by atoms with Crippen molar-refractivity contribution in [2.24, 2.45) is 5.41 Å². The minimum Gasteiger partial charge on any atom is -0.497 e. The maximum Gasteiger partial charge on any atom is 0.321 e. The molecule has 0 spiro atoms. The van der Waals surface area contributed by atoms with Gasteiger partial charge in [-0.2, -0.15) is 0 Å². The van der Waals surface area contributed by atoms with Gasteiger partial charge in [-0.25, -0.2) is 0 Å². The van der Waals surface area contributed by atoms with E-state index in [9.17, 15) is 19.7 Å². The van der Waals surface area contributed by atoms with Crippen LogP contribution in [0.15, 0.2) is 82.2 Å². The van der Waals surface area contributed by atoms with Crippen LogP contribution in [-0.2, 0) is 20.9 Å². The predicted octanol–water partition coefficient (Wildman–Crippen LogP) is 5.90. The topological polar surface area (TPSA) is 105 Å². The number of hydrogen-bond donors (Lipinski definition) is 0. The fourth-order valence-corrected chi connectivity index (χ4v) is 5.23. The van der Waals surface area contributed by atoms with Crippen LogP contribution in [0, 0.1) is 15.5 Å². The molecule has 0 saturated carbocycles. The molecule has 0 fully saturated rings. The van der Waals surface area contributed by atoms with Gasteiger partial charge in [-0.3, -0.25) is 19.7 Å². The lowest BCUT2D eigenvalue weighted by Crippen LogP contribution is -2.44. The van der Waals surface area contributed by atoms with Crippen LogP contribution in [0.25, 0.3) is 0 Å². The van der Waals surface area contributed by atoms with Crippen molar-refractivity contribution in [3.63, 3.8) is 0 Å². The molecule has 0 amide bonds. The fourth-order valence-electron chi connectivity index (χ4n) is 3.74. The number of hydrogen-bond acceptors (Lipinski definition) is 8. The number of carbonyl (C=O) groups excluding carboxylic acids is 2. The Morgan fingerprint density at radius 1 is 0.973 bits per heavy atom. The molecule has 0 aliphatic heterocycles. The minimum absolute atomic E-state index is 0.111. The number of esters is 1. The Morgan fingerprint density at radius 2 is 1.54 bits per heavy atom. The summed E-state index contributed by atoms with van der Waals surface area (Å²) in [5, 5.41) is 11.2. The average Bonchev–Trinajstić information content (AvgIpc) is 2.91. The molecule has 0 aliphatic carbocycles. The van der Waals surface area contributed by atoms with Crippen LogP contribution < -0.4 is 9.47 Å². The van der Waals surface area contributed by atoms with Gasteiger partial charge >= 0.3 is 5.97 Å². The van der Waals surface area contributed by atoms with Gasteiger partial charge in [0, 0.05) is 14.3 Å². The monoisotopic (exact) mass is 587 g/mol. The molecular formula is C27H26BrNO7S. The first-order valence-corrected chi connectivity index (χ1v) is 12.8. The van der Waals surface area contributed by atoms with Crippen molar-refractivity contribution >= 4 is 38.8 Å². The van der Waals surface area contributed by atoms with E-state index < -0.39 is 33.9 Å². The second-order valence-corrected chi connectivity index (χ2v) is 10.2. The lowest BCUT2D eigenvalue weighted by molar-refractivity contribution is -0.485. The van der Waals surface area contributed by atoms with Crippen LogP contribution in [0.5, 0.6) is 11.5 Å². The van der Waals surface area contributed by atoms with Crippen molar-refractivity contribution in [1.29, 1.82) is 0 Å². The van der Waals surface area contributed by atoms with Crippen LogP contribution in [-0.4, -0.2) is 36.8 Å². The first kappa shape index (κ1) is 28.2. The Balaban J connectivity index is 1.99. The van der Waals surface area contributed by atoms with E-state index in [1.54, 1.807) is 79.9 Å². The highest BCUT2D eigenvalue weighted by molar-refractivity contribution is 9.10. The summed E-state index contributed by atoms with van der Waals surface area (Å²) in [6, 6.07) is 20.5. The molecule has 3 aromatic carbocycles. The average molecular weight is 588 g/mol. The summed E-state index contributed by atoms with van der Waals surface area (Å²) in [6.45, 7) is 0.654. The summed E-state index contributed by atoms with van der Waals surface area (Å²) >= 11 is 4.26. The number of thioether (sulfide) groups is 1. The molecular weight excluding hydrogens is 562 g/mol. The van der Waals surface area contributed by atoms with E-state index in [2.05, 4.69) is 15.9 Å². The number of rotatable bonds is 11. The van der Waals surface area contributed by atoms with Crippen molar-refractivity contribution in [2.45, 2.75) is 24.3 Å². The van der Waals surface area contributed by atoms with Crippen LogP contribution in [0.2, 0.25) is 0 Å². The van der Waals surface area contributed by atoms with Crippen LogP contribution in [0.1, 0.15) is 24.0 Å². The smallest absolute Gasteiger partial charge is 0.321 e. The lowest BCUT2D eigenvalue weighted by atomic mass is 9.74. The molecule has 3 aromatic rings.